The van der Waals surface area contributed by atoms with Crippen molar-refractivity contribution in [2.75, 3.05) is 6.54 Å². The maximum absolute atomic E-state index is 10.5. The van der Waals surface area contributed by atoms with Crippen LogP contribution >= 0.6 is 12.4 Å². The predicted molar refractivity (Wildman–Crippen MR) is 45.1 cm³/mol. The van der Waals surface area contributed by atoms with Crippen LogP contribution in [-0.2, 0) is 4.79 Å². The molecule has 0 unspecified atom stereocenters. The first kappa shape index (κ1) is 10.7. The van der Waals surface area contributed by atoms with Crippen LogP contribution in [0.15, 0.2) is 0 Å². The number of hydrogen-bond acceptors (Lipinski definition) is 2. The summed E-state index contributed by atoms with van der Waals surface area (Å²) in [7, 11) is 0. The van der Waals surface area contributed by atoms with E-state index in [9.17, 15) is 4.79 Å². The van der Waals surface area contributed by atoms with Crippen LogP contribution < -0.4 is 5.32 Å². The molecule has 2 atom stereocenters. The number of carboxylic acid groups (broad SMARTS) is 1. The van der Waals surface area contributed by atoms with Gasteiger partial charge in [0.1, 0.15) is 6.04 Å². The van der Waals surface area contributed by atoms with Crippen molar-refractivity contribution in [3.63, 3.8) is 0 Å². The lowest BCUT2D eigenvalue weighted by atomic mass is 9.98. The lowest BCUT2D eigenvalue weighted by Crippen LogP contribution is -2.35. The molecule has 0 aromatic carbocycles. The minimum Gasteiger partial charge on any atom is -0.480 e. The summed E-state index contributed by atoms with van der Waals surface area (Å²) in [5, 5.41) is 11.6. The van der Waals surface area contributed by atoms with Crippen LogP contribution in [0, 0.1) is 5.92 Å². The summed E-state index contributed by atoms with van der Waals surface area (Å²) in [6, 6.07) is -0.287. The summed E-state index contributed by atoms with van der Waals surface area (Å²) in [4.78, 5) is 10.5. The molecule has 1 fully saturated rings. The third-order valence-corrected chi connectivity index (χ3v) is 2.14. The molecule has 1 rings (SSSR count). The maximum atomic E-state index is 10.5. The van der Waals surface area contributed by atoms with Crippen molar-refractivity contribution < 1.29 is 9.90 Å². The topological polar surface area (TPSA) is 49.3 Å². The van der Waals surface area contributed by atoms with E-state index < -0.39 is 5.97 Å². The summed E-state index contributed by atoms with van der Waals surface area (Å²) in [6.07, 6.45) is 1.97. The lowest BCUT2D eigenvalue weighted by molar-refractivity contribution is -0.140. The average Bonchev–Trinajstić information content (AvgIpc) is 2.33. The second-order valence-corrected chi connectivity index (χ2v) is 2.73. The van der Waals surface area contributed by atoms with E-state index >= 15 is 0 Å². The Morgan fingerprint density at radius 3 is 2.73 bits per heavy atom. The highest BCUT2D eigenvalue weighted by Gasteiger charge is 2.30. The van der Waals surface area contributed by atoms with Gasteiger partial charge in [-0.2, -0.15) is 0 Å². The Kier molecular flexibility index (Phi) is 4.45. The molecule has 1 aliphatic heterocycles. The molecule has 4 heteroatoms. The van der Waals surface area contributed by atoms with E-state index in [4.69, 9.17) is 5.11 Å². The molecule has 0 amide bonds. The Bertz CT molecular complexity index is 140. The molecule has 1 saturated heterocycles. The summed E-state index contributed by atoms with van der Waals surface area (Å²) < 4.78 is 0. The smallest absolute Gasteiger partial charge is 0.320 e. The number of carboxylic acids is 1. The van der Waals surface area contributed by atoms with Crippen LogP contribution in [0.1, 0.15) is 19.8 Å². The van der Waals surface area contributed by atoms with Crippen molar-refractivity contribution in [2.45, 2.75) is 25.8 Å². The molecule has 1 aliphatic rings. The fraction of sp³-hybridized carbons (Fsp3) is 0.857. The van der Waals surface area contributed by atoms with Crippen LogP contribution in [0.5, 0.6) is 0 Å². The summed E-state index contributed by atoms with van der Waals surface area (Å²) in [5.41, 5.74) is 0. The summed E-state index contributed by atoms with van der Waals surface area (Å²) in [6.45, 7) is 2.89. The molecule has 0 radical (unpaired) electrons. The molecule has 66 valence electrons. The number of carbonyl (C=O) groups is 1. The number of nitrogens with one attached hydrogen (secondary N) is 1. The largest absolute Gasteiger partial charge is 0.480 e. The van der Waals surface area contributed by atoms with Gasteiger partial charge >= 0.3 is 5.97 Å². The predicted octanol–water partition coefficient (Wildman–Crippen LogP) is 0.881. The van der Waals surface area contributed by atoms with Crippen LogP contribution in [0.3, 0.4) is 0 Å². The molecule has 0 aromatic heterocycles. The van der Waals surface area contributed by atoms with E-state index in [1.54, 1.807) is 0 Å². The molecule has 0 saturated carbocycles. The van der Waals surface area contributed by atoms with Crippen molar-refractivity contribution in [3.05, 3.63) is 0 Å². The van der Waals surface area contributed by atoms with Crippen LogP contribution in [0.2, 0.25) is 0 Å². The Hall–Kier alpha value is -0.280. The van der Waals surface area contributed by atoms with Crippen LogP contribution in [0.25, 0.3) is 0 Å². The Balaban J connectivity index is 0.000001000. The minimum atomic E-state index is -0.704. The first-order valence-electron chi connectivity index (χ1n) is 3.72. The standard InChI is InChI=1S/C7H13NO2.ClH/c1-2-5-3-4-8-6(5)7(9)10;/h5-6,8H,2-4H2,1H3,(H,9,10);1H/t5-,6-;/m0./s1. The van der Waals surface area contributed by atoms with E-state index in [2.05, 4.69) is 5.32 Å². The molecule has 1 heterocycles. The molecule has 0 spiro atoms. The van der Waals surface area contributed by atoms with E-state index in [1.165, 1.54) is 0 Å². The van der Waals surface area contributed by atoms with E-state index in [0.717, 1.165) is 19.4 Å². The van der Waals surface area contributed by atoms with Crippen molar-refractivity contribution in [1.29, 1.82) is 0 Å². The fourth-order valence-electron chi connectivity index (χ4n) is 1.49. The van der Waals surface area contributed by atoms with Gasteiger partial charge in [0.05, 0.1) is 0 Å². The number of rotatable bonds is 2. The Morgan fingerprint density at radius 2 is 2.36 bits per heavy atom. The van der Waals surface area contributed by atoms with E-state index in [1.807, 2.05) is 6.92 Å². The van der Waals surface area contributed by atoms with Crippen molar-refractivity contribution in [1.82, 2.24) is 5.32 Å². The first-order valence-corrected chi connectivity index (χ1v) is 3.72. The first-order chi connectivity index (χ1) is 4.75. The van der Waals surface area contributed by atoms with Gasteiger partial charge in [-0.05, 0) is 18.9 Å². The highest BCUT2D eigenvalue weighted by Crippen LogP contribution is 2.18. The van der Waals surface area contributed by atoms with Gasteiger partial charge < -0.3 is 10.4 Å². The molecule has 11 heavy (non-hydrogen) atoms. The van der Waals surface area contributed by atoms with Crippen LogP contribution in [0.4, 0.5) is 0 Å². The zero-order valence-corrected chi connectivity index (χ0v) is 7.36. The highest BCUT2D eigenvalue weighted by molar-refractivity contribution is 5.85. The van der Waals surface area contributed by atoms with Gasteiger partial charge in [-0.15, -0.1) is 12.4 Å². The Morgan fingerprint density at radius 1 is 1.73 bits per heavy atom. The lowest BCUT2D eigenvalue weighted by Gasteiger charge is -2.11. The van der Waals surface area contributed by atoms with Gasteiger partial charge in [-0.1, -0.05) is 13.3 Å². The van der Waals surface area contributed by atoms with Gasteiger partial charge in [0.15, 0.2) is 0 Å². The quantitative estimate of drug-likeness (QED) is 0.662. The molecular weight excluding hydrogens is 166 g/mol. The second kappa shape index (κ2) is 4.57. The van der Waals surface area contributed by atoms with Gasteiger partial charge in [0.2, 0.25) is 0 Å². The normalized spacial score (nSPS) is 29.5. The molecule has 2 N–H and O–H groups in total. The van der Waals surface area contributed by atoms with Crippen molar-refractivity contribution in [2.24, 2.45) is 5.92 Å². The third kappa shape index (κ3) is 2.34. The zero-order chi connectivity index (χ0) is 7.56. The van der Waals surface area contributed by atoms with Crippen LogP contribution in [-0.4, -0.2) is 23.7 Å². The van der Waals surface area contributed by atoms with Gasteiger partial charge in [0.25, 0.3) is 0 Å². The minimum absolute atomic E-state index is 0. The average molecular weight is 180 g/mol. The highest BCUT2D eigenvalue weighted by atomic mass is 35.5. The second-order valence-electron chi connectivity index (χ2n) is 2.73. The monoisotopic (exact) mass is 179 g/mol. The molecule has 3 nitrogen and oxygen atoms in total. The fourth-order valence-corrected chi connectivity index (χ4v) is 1.49. The summed E-state index contributed by atoms with van der Waals surface area (Å²) >= 11 is 0. The number of hydrogen-bond donors (Lipinski definition) is 2. The number of aliphatic carboxylic acids is 1. The van der Waals surface area contributed by atoms with Gasteiger partial charge in [-0.25, -0.2) is 0 Å². The summed E-state index contributed by atoms with van der Waals surface area (Å²) in [5.74, 6) is -0.359. The Labute approximate surface area is 72.6 Å². The molecule has 0 bridgehead atoms. The maximum Gasteiger partial charge on any atom is 0.320 e. The van der Waals surface area contributed by atoms with Gasteiger partial charge in [-0.3, -0.25) is 4.79 Å². The van der Waals surface area contributed by atoms with E-state index in [0.29, 0.717) is 5.92 Å². The third-order valence-electron chi connectivity index (χ3n) is 2.14. The molecule has 0 aliphatic carbocycles. The van der Waals surface area contributed by atoms with Gasteiger partial charge in [0, 0.05) is 0 Å². The SMILES string of the molecule is CC[C@H]1CCN[C@@H]1C(=O)O.Cl. The van der Waals surface area contributed by atoms with E-state index in [-0.39, 0.29) is 18.4 Å². The molecule has 0 aromatic rings. The zero-order valence-electron chi connectivity index (χ0n) is 6.54. The van der Waals surface area contributed by atoms with Crippen molar-refractivity contribution >= 4 is 18.4 Å². The van der Waals surface area contributed by atoms with Crippen molar-refractivity contribution in [3.8, 4) is 0 Å². The number of halogens is 1. The molecular formula is C7H14ClNO2.